The number of amides is 3. The second kappa shape index (κ2) is 8.08. The second-order valence-corrected chi connectivity index (χ2v) is 10.0. The Morgan fingerprint density at radius 1 is 1.06 bits per heavy atom. The third-order valence-electron chi connectivity index (χ3n) is 7.45. The van der Waals surface area contributed by atoms with Crippen molar-refractivity contribution >= 4 is 29.4 Å². The smallest absolute Gasteiger partial charge is 0.329 e. The average Bonchev–Trinajstić information content (AvgIpc) is 3.56. The molecule has 33 heavy (non-hydrogen) atoms. The number of carbonyl (C=O) groups is 4. The summed E-state index contributed by atoms with van der Waals surface area (Å²) >= 11 is 0. The molecule has 1 N–H and O–H groups in total. The van der Waals surface area contributed by atoms with Crippen molar-refractivity contribution in [2.75, 3.05) is 11.9 Å². The number of rotatable bonds is 7. The summed E-state index contributed by atoms with van der Waals surface area (Å²) in [5.74, 6) is -2.00. The number of likely N-dealkylation sites (tertiary alicyclic amines) is 1. The molecule has 2 saturated carbocycles. The Morgan fingerprint density at radius 3 is 2.18 bits per heavy atom. The summed E-state index contributed by atoms with van der Waals surface area (Å²) in [6.07, 6.45) is 5.51. The highest BCUT2D eigenvalue weighted by Crippen LogP contribution is 2.65. The molecule has 0 spiro atoms. The number of hydrogen-bond donors (Lipinski definition) is 1. The van der Waals surface area contributed by atoms with E-state index in [9.17, 15) is 23.6 Å². The van der Waals surface area contributed by atoms with Crippen LogP contribution in [0.5, 0.6) is 0 Å². The second-order valence-electron chi connectivity index (χ2n) is 10.0. The fourth-order valence-corrected chi connectivity index (χ4v) is 6.00. The van der Waals surface area contributed by atoms with Gasteiger partial charge in [0.1, 0.15) is 11.9 Å². The van der Waals surface area contributed by atoms with Crippen LogP contribution < -0.4 is 5.32 Å². The summed E-state index contributed by atoms with van der Waals surface area (Å²) < 4.78 is 18.3. The van der Waals surface area contributed by atoms with Gasteiger partial charge < -0.3 is 10.1 Å². The number of nitrogens with zero attached hydrogens (tertiary/aromatic N) is 1. The molecule has 2 bridgehead atoms. The van der Waals surface area contributed by atoms with Gasteiger partial charge in [0.25, 0.3) is 5.91 Å². The standard InChI is InChI=1S/C25H27FN2O5/c1-12(2)9-19(25(32)33-11-20(29)27-14-5-3-13(26)4-6-14)28-23(30)21-15-7-8-16(18-10-17(15)18)22(21)24(28)31/h3-8,12,15-19,21-22H,9-11H2,1-2H3,(H,27,29). The molecule has 1 aromatic rings. The molecule has 8 heteroatoms. The lowest BCUT2D eigenvalue weighted by Gasteiger charge is -2.37. The molecule has 1 aromatic carbocycles. The van der Waals surface area contributed by atoms with Gasteiger partial charge >= 0.3 is 5.97 Å². The maximum Gasteiger partial charge on any atom is 0.329 e. The number of anilines is 1. The SMILES string of the molecule is CC(C)CC(C(=O)OCC(=O)Nc1ccc(F)cc1)N1C(=O)C2C3C=CC(C4CC34)C2C1=O. The van der Waals surface area contributed by atoms with Crippen LogP contribution in [0.1, 0.15) is 26.7 Å². The van der Waals surface area contributed by atoms with E-state index < -0.39 is 30.3 Å². The predicted octanol–water partition coefficient (Wildman–Crippen LogP) is 2.78. The summed E-state index contributed by atoms with van der Waals surface area (Å²) in [6.45, 7) is 3.24. The molecule has 7 unspecified atom stereocenters. The van der Waals surface area contributed by atoms with E-state index in [2.05, 4.69) is 17.5 Å². The Bertz CT molecular complexity index is 1000. The summed E-state index contributed by atoms with van der Waals surface area (Å²) in [5.41, 5.74) is 0.367. The van der Waals surface area contributed by atoms with Crippen LogP contribution in [-0.2, 0) is 23.9 Å². The largest absolute Gasteiger partial charge is 0.454 e. The molecule has 0 radical (unpaired) electrons. The Balaban J connectivity index is 1.28. The van der Waals surface area contributed by atoms with Crippen LogP contribution in [0, 0.1) is 47.2 Å². The number of benzene rings is 1. The summed E-state index contributed by atoms with van der Waals surface area (Å²) in [6, 6.07) is 4.15. The maximum atomic E-state index is 13.4. The molecule has 174 valence electrons. The van der Waals surface area contributed by atoms with Crippen LogP contribution in [0.2, 0.25) is 0 Å². The number of allylic oxidation sites excluding steroid dienone is 2. The number of imide groups is 1. The van der Waals surface area contributed by atoms with Crippen molar-refractivity contribution in [1.82, 2.24) is 4.90 Å². The first kappa shape index (κ1) is 21.8. The molecule has 3 fully saturated rings. The fourth-order valence-electron chi connectivity index (χ4n) is 6.00. The van der Waals surface area contributed by atoms with E-state index >= 15 is 0 Å². The molecule has 4 aliphatic carbocycles. The topological polar surface area (TPSA) is 92.8 Å². The number of esters is 1. The minimum absolute atomic E-state index is 0.0297. The van der Waals surface area contributed by atoms with E-state index in [4.69, 9.17) is 4.74 Å². The molecular formula is C25H27FN2O5. The van der Waals surface area contributed by atoms with Gasteiger partial charge in [-0.1, -0.05) is 26.0 Å². The lowest BCUT2D eigenvalue weighted by atomic mass is 9.63. The minimum atomic E-state index is -1.05. The van der Waals surface area contributed by atoms with E-state index in [1.54, 1.807) is 0 Å². The highest BCUT2D eigenvalue weighted by Gasteiger charge is 2.68. The predicted molar refractivity (Wildman–Crippen MR) is 116 cm³/mol. The highest BCUT2D eigenvalue weighted by atomic mass is 19.1. The molecule has 5 aliphatic rings. The van der Waals surface area contributed by atoms with Gasteiger partial charge in [-0.15, -0.1) is 0 Å². The number of hydrogen-bond acceptors (Lipinski definition) is 5. The van der Waals surface area contributed by atoms with Gasteiger partial charge in [0.15, 0.2) is 6.61 Å². The first-order chi connectivity index (χ1) is 15.8. The Labute approximate surface area is 191 Å². The number of carbonyl (C=O) groups excluding carboxylic acids is 4. The van der Waals surface area contributed by atoms with Crippen molar-refractivity contribution in [1.29, 1.82) is 0 Å². The summed E-state index contributed by atoms with van der Waals surface area (Å²) in [7, 11) is 0. The molecule has 1 saturated heterocycles. The Kier molecular flexibility index (Phi) is 5.34. The van der Waals surface area contributed by atoms with Crippen LogP contribution >= 0.6 is 0 Å². The third-order valence-corrected chi connectivity index (χ3v) is 7.45. The quantitative estimate of drug-likeness (QED) is 0.389. The van der Waals surface area contributed by atoms with Crippen molar-refractivity contribution in [2.24, 2.45) is 41.4 Å². The molecule has 0 aromatic heterocycles. The molecule has 6 rings (SSSR count). The molecule has 1 heterocycles. The number of halogens is 1. The Morgan fingerprint density at radius 2 is 1.64 bits per heavy atom. The van der Waals surface area contributed by atoms with Crippen molar-refractivity contribution < 1.29 is 28.3 Å². The van der Waals surface area contributed by atoms with Crippen LogP contribution in [0.25, 0.3) is 0 Å². The van der Waals surface area contributed by atoms with E-state index in [0.29, 0.717) is 17.5 Å². The molecule has 1 aliphatic heterocycles. The monoisotopic (exact) mass is 454 g/mol. The van der Waals surface area contributed by atoms with Gasteiger partial charge in [-0.2, -0.15) is 0 Å². The molecule has 7 atom stereocenters. The Hall–Kier alpha value is -3.03. The van der Waals surface area contributed by atoms with Crippen molar-refractivity contribution in [3.8, 4) is 0 Å². The van der Waals surface area contributed by atoms with Gasteiger partial charge in [0.05, 0.1) is 11.8 Å². The fraction of sp³-hybridized carbons (Fsp3) is 0.520. The highest BCUT2D eigenvalue weighted by molar-refractivity contribution is 6.09. The van der Waals surface area contributed by atoms with E-state index in [0.717, 1.165) is 11.3 Å². The van der Waals surface area contributed by atoms with Crippen molar-refractivity contribution in [3.63, 3.8) is 0 Å². The van der Waals surface area contributed by atoms with Crippen LogP contribution in [0.4, 0.5) is 10.1 Å². The number of nitrogens with one attached hydrogen (secondary N) is 1. The minimum Gasteiger partial charge on any atom is -0.454 e. The summed E-state index contributed by atoms with van der Waals surface area (Å²) in [5, 5.41) is 2.52. The van der Waals surface area contributed by atoms with Gasteiger partial charge in [0, 0.05) is 5.69 Å². The van der Waals surface area contributed by atoms with E-state index in [1.807, 2.05) is 13.8 Å². The van der Waals surface area contributed by atoms with Crippen molar-refractivity contribution in [3.05, 3.63) is 42.2 Å². The van der Waals surface area contributed by atoms with E-state index in [-0.39, 0.29) is 47.8 Å². The van der Waals surface area contributed by atoms with Crippen LogP contribution in [-0.4, -0.2) is 41.2 Å². The van der Waals surface area contributed by atoms with Crippen molar-refractivity contribution in [2.45, 2.75) is 32.7 Å². The average molecular weight is 454 g/mol. The first-order valence-corrected chi connectivity index (χ1v) is 11.5. The maximum absolute atomic E-state index is 13.4. The first-order valence-electron chi connectivity index (χ1n) is 11.5. The third kappa shape index (κ3) is 3.75. The normalized spacial score (nSPS) is 31.9. The van der Waals surface area contributed by atoms with Gasteiger partial charge in [-0.3, -0.25) is 19.3 Å². The lowest BCUT2D eigenvalue weighted by molar-refractivity contribution is -0.160. The zero-order valence-corrected chi connectivity index (χ0v) is 18.6. The molecule has 7 nitrogen and oxygen atoms in total. The van der Waals surface area contributed by atoms with Crippen LogP contribution in [0.3, 0.4) is 0 Å². The van der Waals surface area contributed by atoms with Gasteiger partial charge in [-0.05, 0) is 66.7 Å². The zero-order chi connectivity index (χ0) is 23.4. The zero-order valence-electron chi connectivity index (χ0n) is 18.6. The lowest BCUT2D eigenvalue weighted by Crippen LogP contribution is -2.47. The van der Waals surface area contributed by atoms with Crippen LogP contribution in [0.15, 0.2) is 36.4 Å². The van der Waals surface area contributed by atoms with E-state index in [1.165, 1.54) is 24.3 Å². The number of ether oxygens (including phenoxy) is 1. The molecular weight excluding hydrogens is 427 g/mol. The van der Waals surface area contributed by atoms with Gasteiger partial charge in [0.2, 0.25) is 11.8 Å². The molecule has 3 amide bonds. The summed E-state index contributed by atoms with van der Waals surface area (Å²) in [4.78, 5) is 53.1. The van der Waals surface area contributed by atoms with Gasteiger partial charge in [-0.25, -0.2) is 9.18 Å².